The number of carboxylic acids is 1. The van der Waals surface area contributed by atoms with Crippen LogP contribution in [0.4, 0.5) is 14.5 Å². The number of aromatic carboxylic acids is 1. The highest BCUT2D eigenvalue weighted by Gasteiger charge is 2.17. The molecule has 0 bridgehead atoms. The second-order valence-corrected chi connectivity index (χ2v) is 4.85. The molecule has 1 aromatic carbocycles. The molecule has 100 valence electrons. The van der Waals surface area contributed by atoms with Gasteiger partial charge in [0.05, 0.1) is 5.56 Å². The van der Waals surface area contributed by atoms with E-state index >= 15 is 0 Å². The summed E-state index contributed by atoms with van der Waals surface area (Å²) in [5, 5.41) is 8.69. The van der Waals surface area contributed by atoms with Gasteiger partial charge in [0.1, 0.15) is 17.3 Å². The van der Waals surface area contributed by atoms with E-state index in [4.69, 9.17) is 5.11 Å². The van der Waals surface area contributed by atoms with E-state index < -0.39 is 17.6 Å². The molecule has 6 heteroatoms. The lowest BCUT2D eigenvalue weighted by atomic mass is 10.1. The zero-order valence-corrected chi connectivity index (χ0v) is 11.1. The molecule has 0 radical (unpaired) electrons. The molecule has 0 fully saturated rings. The maximum Gasteiger partial charge on any atom is 0.335 e. The van der Waals surface area contributed by atoms with Crippen LogP contribution in [0.15, 0.2) is 12.1 Å². The molecule has 0 atom stereocenters. The number of hydrogen-bond acceptors (Lipinski definition) is 3. The van der Waals surface area contributed by atoms with Gasteiger partial charge in [0.2, 0.25) is 0 Å². The van der Waals surface area contributed by atoms with Crippen LogP contribution in [0.3, 0.4) is 0 Å². The van der Waals surface area contributed by atoms with Gasteiger partial charge in [-0.05, 0) is 30.6 Å². The number of carbonyl (C=O) groups is 1. The number of hydrogen-bond donors (Lipinski definition) is 1. The van der Waals surface area contributed by atoms with Gasteiger partial charge >= 0.3 is 5.97 Å². The Kier molecular flexibility index (Phi) is 5.40. The Balaban J connectivity index is 2.92. The predicted octanol–water partition coefficient (Wildman–Crippen LogP) is 2.85. The molecule has 3 nitrogen and oxygen atoms in total. The Morgan fingerprint density at radius 2 is 1.94 bits per heavy atom. The smallest absolute Gasteiger partial charge is 0.335 e. The van der Waals surface area contributed by atoms with Crippen LogP contribution in [0, 0.1) is 11.6 Å². The van der Waals surface area contributed by atoms with E-state index in [1.807, 2.05) is 6.26 Å². The Hall–Kier alpha value is -1.30. The predicted molar refractivity (Wildman–Crippen MR) is 69.6 cm³/mol. The Bertz CT molecular complexity index is 417. The molecule has 1 rings (SSSR count). The van der Waals surface area contributed by atoms with Gasteiger partial charge in [-0.15, -0.1) is 0 Å². The van der Waals surface area contributed by atoms with Crippen molar-refractivity contribution in [3.05, 3.63) is 29.3 Å². The minimum atomic E-state index is -1.34. The normalized spacial score (nSPS) is 10.4. The Morgan fingerprint density at radius 3 is 2.39 bits per heavy atom. The Labute approximate surface area is 109 Å². The summed E-state index contributed by atoms with van der Waals surface area (Å²) in [5.41, 5.74) is -0.563. The zero-order valence-electron chi connectivity index (χ0n) is 10.2. The number of carboxylic acid groups (broad SMARTS) is 1. The van der Waals surface area contributed by atoms with Crippen molar-refractivity contribution in [1.29, 1.82) is 0 Å². The number of halogens is 2. The average molecular weight is 275 g/mol. The lowest BCUT2D eigenvalue weighted by Crippen LogP contribution is -2.22. The van der Waals surface area contributed by atoms with E-state index in [0.29, 0.717) is 6.54 Å². The fourth-order valence-corrected chi connectivity index (χ4v) is 2.03. The first kappa shape index (κ1) is 14.8. The van der Waals surface area contributed by atoms with Crippen LogP contribution in [0.25, 0.3) is 0 Å². The summed E-state index contributed by atoms with van der Waals surface area (Å²) in [7, 11) is 1.59. The first-order chi connectivity index (χ1) is 8.47. The molecule has 0 aliphatic heterocycles. The highest BCUT2D eigenvalue weighted by Crippen LogP contribution is 2.24. The van der Waals surface area contributed by atoms with E-state index in [1.54, 1.807) is 18.8 Å². The molecule has 1 aromatic rings. The van der Waals surface area contributed by atoms with Crippen LogP contribution < -0.4 is 4.90 Å². The molecule has 0 spiro atoms. The third-order valence-electron chi connectivity index (χ3n) is 2.49. The second kappa shape index (κ2) is 6.58. The van der Waals surface area contributed by atoms with Gasteiger partial charge < -0.3 is 10.0 Å². The standard InChI is InChI=1S/C12H15F2NO2S/c1-15(4-3-5-18-2)11-9(13)6-8(12(16)17)7-10(11)14/h6-7H,3-5H2,1-2H3,(H,16,17). The van der Waals surface area contributed by atoms with Gasteiger partial charge in [-0.3, -0.25) is 0 Å². The summed E-state index contributed by atoms with van der Waals surface area (Å²) >= 11 is 1.66. The third kappa shape index (κ3) is 3.60. The monoisotopic (exact) mass is 275 g/mol. The lowest BCUT2D eigenvalue weighted by Gasteiger charge is -2.20. The largest absolute Gasteiger partial charge is 0.478 e. The summed E-state index contributed by atoms with van der Waals surface area (Å²) in [5.74, 6) is -2.14. The highest BCUT2D eigenvalue weighted by atomic mass is 32.2. The average Bonchev–Trinajstić information content (AvgIpc) is 2.28. The van der Waals surface area contributed by atoms with E-state index in [9.17, 15) is 13.6 Å². The summed E-state index contributed by atoms with van der Waals surface area (Å²) in [6.45, 7) is 0.515. The quantitative estimate of drug-likeness (QED) is 0.810. The number of benzene rings is 1. The van der Waals surface area contributed by atoms with Crippen molar-refractivity contribution < 1.29 is 18.7 Å². The molecular formula is C12H15F2NO2S. The zero-order chi connectivity index (χ0) is 13.7. The SMILES string of the molecule is CSCCCN(C)c1c(F)cc(C(=O)O)cc1F. The molecule has 18 heavy (non-hydrogen) atoms. The third-order valence-corrected chi connectivity index (χ3v) is 3.18. The maximum atomic E-state index is 13.7. The maximum absolute atomic E-state index is 13.7. The van der Waals surface area contributed by atoms with Crippen molar-refractivity contribution in [3.8, 4) is 0 Å². The van der Waals surface area contributed by atoms with E-state index in [-0.39, 0.29) is 11.3 Å². The molecule has 0 saturated heterocycles. The van der Waals surface area contributed by atoms with E-state index in [2.05, 4.69) is 0 Å². The highest BCUT2D eigenvalue weighted by molar-refractivity contribution is 7.98. The van der Waals surface area contributed by atoms with Crippen molar-refractivity contribution in [2.45, 2.75) is 6.42 Å². The molecule has 0 saturated carbocycles. The van der Waals surface area contributed by atoms with Crippen LogP contribution in [-0.2, 0) is 0 Å². The van der Waals surface area contributed by atoms with Gasteiger partial charge in [-0.1, -0.05) is 0 Å². The van der Waals surface area contributed by atoms with Gasteiger partial charge in [0, 0.05) is 13.6 Å². The number of rotatable bonds is 6. The summed E-state index contributed by atoms with van der Waals surface area (Å²) < 4.78 is 27.4. The van der Waals surface area contributed by atoms with Crippen LogP contribution in [-0.4, -0.2) is 36.7 Å². The van der Waals surface area contributed by atoms with Crippen molar-refractivity contribution in [2.24, 2.45) is 0 Å². The van der Waals surface area contributed by atoms with Gasteiger partial charge in [0.25, 0.3) is 0 Å². The van der Waals surface area contributed by atoms with Crippen LogP contribution in [0.2, 0.25) is 0 Å². The van der Waals surface area contributed by atoms with E-state index in [1.165, 1.54) is 4.90 Å². The molecule has 0 amide bonds. The number of nitrogens with zero attached hydrogens (tertiary/aromatic N) is 1. The molecular weight excluding hydrogens is 260 g/mol. The van der Waals surface area contributed by atoms with Crippen molar-refractivity contribution >= 4 is 23.4 Å². The topological polar surface area (TPSA) is 40.5 Å². The molecule has 0 aliphatic carbocycles. The minimum Gasteiger partial charge on any atom is -0.478 e. The molecule has 1 N–H and O–H groups in total. The van der Waals surface area contributed by atoms with E-state index in [0.717, 1.165) is 24.3 Å². The fraction of sp³-hybridized carbons (Fsp3) is 0.417. The van der Waals surface area contributed by atoms with Gasteiger partial charge in [-0.25, -0.2) is 13.6 Å². The second-order valence-electron chi connectivity index (χ2n) is 3.86. The van der Waals surface area contributed by atoms with Crippen LogP contribution in [0.1, 0.15) is 16.8 Å². The summed E-state index contributed by atoms with van der Waals surface area (Å²) in [6.07, 6.45) is 2.76. The molecule has 0 unspecified atom stereocenters. The molecule has 0 heterocycles. The van der Waals surface area contributed by atoms with Crippen LogP contribution in [0.5, 0.6) is 0 Å². The fourth-order valence-electron chi connectivity index (χ4n) is 1.61. The number of thioether (sulfide) groups is 1. The van der Waals surface area contributed by atoms with Crippen LogP contribution >= 0.6 is 11.8 Å². The number of anilines is 1. The molecule has 0 aromatic heterocycles. The minimum absolute atomic E-state index is 0.180. The lowest BCUT2D eigenvalue weighted by molar-refractivity contribution is 0.0696. The first-order valence-corrected chi connectivity index (χ1v) is 6.79. The summed E-state index contributed by atoms with van der Waals surface area (Å²) in [6, 6.07) is 1.68. The van der Waals surface area contributed by atoms with Gasteiger partial charge in [0.15, 0.2) is 0 Å². The first-order valence-electron chi connectivity index (χ1n) is 5.39. The summed E-state index contributed by atoms with van der Waals surface area (Å²) in [4.78, 5) is 12.1. The van der Waals surface area contributed by atoms with Crippen molar-refractivity contribution in [3.63, 3.8) is 0 Å². The van der Waals surface area contributed by atoms with Gasteiger partial charge in [-0.2, -0.15) is 11.8 Å². The van der Waals surface area contributed by atoms with Crippen molar-refractivity contribution in [1.82, 2.24) is 0 Å². The Morgan fingerprint density at radius 1 is 1.39 bits per heavy atom. The van der Waals surface area contributed by atoms with Crippen molar-refractivity contribution in [2.75, 3.05) is 30.5 Å². The molecule has 0 aliphatic rings.